The largest absolute Gasteiger partial charge is 0.444 e. The predicted molar refractivity (Wildman–Crippen MR) is 86.8 cm³/mol. The quantitative estimate of drug-likeness (QED) is 0.801. The number of hydrogen-bond donors (Lipinski definition) is 2. The fourth-order valence-electron chi connectivity index (χ4n) is 1.67. The van der Waals surface area contributed by atoms with Gasteiger partial charge in [0.15, 0.2) is 0 Å². The number of amides is 1. The van der Waals surface area contributed by atoms with Crippen LogP contribution in [0, 0.1) is 0 Å². The Kier molecular flexibility index (Phi) is 7.05. The Morgan fingerprint density at radius 3 is 2.68 bits per heavy atom. The van der Waals surface area contributed by atoms with E-state index in [9.17, 15) is 9.90 Å². The smallest absolute Gasteiger partial charge is 0.410 e. The molecule has 0 aliphatic carbocycles. The maximum Gasteiger partial charge on any atom is 0.410 e. The van der Waals surface area contributed by atoms with Crippen molar-refractivity contribution in [1.82, 2.24) is 9.88 Å². The molecule has 0 aromatic carbocycles. The number of pyridine rings is 1. The first-order valence-corrected chi connectivity index (χ1v) is 7.89. The summed E-state index contributed by atoms with van der Waals surface area (Å²) >= 11 is 9.27. The average Bonchev–Trinajstić information content (AvgIpc) is 2.35. The topological polar surface area (TPSA) is 82.9 Å². The van der Waals surface area contributed by atoms with E-state index in [4.69, 9.17) is 21.4 Å². The number of ether oxygens (including phenoxy) is 1. The number of aliphatic hydroxyl groups is 2. The number of carbonyl (C=O) groups is 1. The van der Waals surface area contributed by atoms with Crippen molar-refractivity contribution >= 4 is 33.6 Å². The maximum absolute atomic E-state index is 12.1. The van der Waals surface area contributed by atoms with E-state index < -0.39 is 17.8 Å². The van der Waals surface area contributed by atoms with E-state index >= 15 is 0 Å². The van der Waals surface area contributed by atoms with Crippen LogP contribution in [-0.2, 0) is 4.74 Å². The van der Waals surface area contributed by atoms with Gasteiger partial charge in [0.1, 0.15) is 11.7 Å². The molecule has 0 saturated heterocycles. The van der Waals surface area contributed by atoms with Crippen LogP contribution in [0.3, 0.4) is 0 Å². The number of aromatic nitrogens is 1. The van der Waals surface area contributed by atoms with Crippen molar-refractivity contribution in [3.63, 3.8) is 0 Å². The van der Waals surface area contributed by atoms with Crippen LogP contribution in [-0.4, -0.2) is 51.5 Å². The highest BCUT2D eigenvalue weighted by Crippen LogP contribution is 2.25. The van der Waals surface area contributed by atoms with Crippen molar-refractivity contribution in [3.8, 4) is 0 Å². The maximum atomic E-state index is 12.1. The molecule has 0 bridgehead atoms. The van der Waals surface area contributed by atoms with Crippen molar-refractivity contribution in [2.45, 2.75) is 32.5 Å². The summed E-state index contributed by atoms with van der Waals surface area (Å²) in [6.07, 6.45) is -0.192. The third-order valence-electron chi connectivity index (χ3n) is 2.57. The molecule has 8 heteroatoms. The number of nitrogens with zero attached hydrogens (tertiary/aromatic N) is 2. The first kappa shape index (κ1) is 19.2. The first-order chi connectivity index (χ1) is 10.1. The number of carbonyl (C=O) groups excluding carboxylic acids is 1. The van der Waals surface area contributed by atoms with Gasteiger partial charge in [0.2, 0.25) is 0 Å². The predicted octanol–water partition coefficient (Wildman–Crippen LogP) is 2.76. The molecule has 0 aliphatic heterocycles. The van der Waals surface area contributed by atoms with Gasteiger partial charge in [0.05, 0.1) is 23.9 Å². The van der Waals surface area contributed by atoms with Crippen molar-refractivity contribution in [2.24, 2.45) is 0 Å². The highest BCUT2D eigenvalue weighted by atomic mass is 79.9. The van der Waals surface area contributed by atoms with Crippen LogP contribution in [0.5, 0.6) is 0 Å². The zero-order valence-corrected chi connectivity index (χ0v) is 15.1. The molecule has 1 unspecified atom stereocenters. The molecule has 1 atom stereocenters. The molecule has 0 fully saturated rings. The van der Waals surface area contributed by atoms with Gasteiger partial charge in [-0.15, -0.1) is 0 Å². The van der Waals surface area contributed by atoms with E-state index in [1.807, 2.05) is 0 Å². The summed E-state index contributed by atoms with van der Waals surface area (Å²) in [4.78, 5) is 17.3. The molecule has 0 aliphatic rings. The summed E-state index contributed by atoms with van der Waals surface area (Å²) in [5.74, 6) is 0. The molecular formula is C14H20BrClN2O4. The fraction of sp³-hybridized carbons (Fsp3) is 0.571. The Bertz CT molecular complexity index is 522. The number of hydrogen-bond acceptors (Lipinski definition) is 5. The summed E-state index contributed by atoms with van der Waals surface area (Å²) < 4.78 is 5.93. The second kappa shape index (κ2) is 8.10. The molecule has 124 valence electrons. The SMILES string of the molecule is CC(C)(C)OC(=O)N(CCO)CC(O)c1ncc(Br)cc1Cl. The molecule has 1 amide bonds. The van der Waals surface area contributed by atoms with Crippen LogP contribution < -0.4 is 0 Å². The van der Waals surface area contributed by atoms with Gasteiger partial charge in [-0.1, -0.05) is 11.6 Å². The minimum atomic E-state index is -1.08. The van der Waals surface area contributed by atoms with E-state index in [2.05, 4.69) is 20.9 Å². The van der Waals surface area contributed by atoms with Crippen LogP contribution in [0.15, 0.2) is 16.7 Å². The van der Waals surface area contributed by atoms with Crippen LogP contribution in [0.4, 0.5) is 4.79 Å². The van der Waals surface area contributed by atoms with Gasteiger partial charge in [-0.2, -0.15) is 0 Å². The third-order valence-corrected chi connectivity index (χ3v) is 3.30. The molecule has 0 spiro atoms. The molecule has 22 heavy (non-hydrogen) atoms. The van der Waals surface area contributed by atoms with Crippen LogP contribution >= 0.6 is 27.5 Å². The highest BCUT2D eigenvalue weighted by molar-refractivity contribution is 9.10. The van der Waals surface area contributed by atoms with E-state index in [0.29, 0.717) is 4.47 Å². The fourth-order valence-corrected chi connectivity index (χ4v) is 2.43. The summed E-state index contributed by atoms with van der Waals surface area (Å²) in [6, 6.07) is 1.61. The van der Waals surface area contributed by atoms with Crippen molar-refractivity contribution in [3.05, 3.63) is 27.5 Å². The molecule has 0 saturated carbocycles. The van der Waals surface area contributed by atoms with Crippen molar-refractivity contribution in [2.75, 3.05) is 19.7 Å². The monoisotopic (exact) mass is 394 g/mol. The second-order valence-electron chi connectivity index (χ2n) is 5.69. The first-order valence-electron chi connectivity index (χ1n) is 6.72. The van der Waals surface area contributed by atoms with E-state index in [1.54, 1.807) is 26.8 Å². The van der Waals surface area contributed by atoms with Gasteiger partial charge in [-0.25, -0.2) is 4.79 Å². The lowest BCUT2D eigenvalue weighted by Gasteiger charge is -2.28. The Labute approximate surface area is 143 Å². The lowest BCUT2D eigenvalue weighted by molar-refractivity contribution is 0.0105. The van der Waals surface area contributed by atoms with Crippen LogP contribution in [0.1, 0.15) is 32.6 Å². The number of rotatable bonds is 5. The molecule has 0 radical (unpaired) electrons. The Hall–Kier alpha value is -0.890. The average molecular weight is 396 g/mol. The Morgan fingerprint density at radius 1 is 1.55 bits per heavy atom. The minimum absolute atomic E-state index is 0.0418. The summed E-state index contributed by atoms with van der Waals surface area (Å²) in [5, 5.41) is 19.6. The van der Waals surface area contributed by atoms with Crippen molar-refractivity contribution in [1.29, 1.82) is 0 Å². The standard InChI is InChI=1S/C14H20BrClN2O4/c1-14(2,3)22-13(21)18(4-5-19)8-11(20)12-10(16)6-9(15)7-17-12/h6-7,11,19-20H,4-5,8H2,1-3H3. The second-order valence-corrected chi connectivity index (χ2v) is 7.01. The van der Waals surface area contributed by atoms with E-state index in [-0.39, 0.29) is 30.4 Å². The molecule has 2 N–H and O–H groups in total. The van der Waals surface area contributed by atoms with Crippen LogP contribution in [0.2, 0.25) is 5.02 Å². The number of aliphatic hydroxyl groups excluding tert-OH is 2. The van der Waals surface area contributed by atoms with Crippen LogP contribution in [0.25, 0.3) is 0 Å². The van der Waals surface area contributed by atoms with Gasteiger partial charge in [0.25, 0.3) is 0 Å². The summed E-state index contributed by atoms with van der Waals surface area (Å²) in [7, 11) is 0. The zero-order chi connectivity index (χ0) is 16.9. The van der Waals surface area contributed by atoms with Crippen molar-refractivity contribution < 1.29 is 19.7 Å². The third kappa shape index (κ3) is 6.08. The lowest BCUT2D eigenvalue weighted by atomic mass is 10.2. The normalized spacial score (nSPS) is 12.9. The summed E-state index contributed by atoms with van der Waals surface area (Å²) in [5.41, 5.74) is -0.403. The molecule has 6 nitrogen and oxygen atoms in total. The lowest BCUT2D eigenvalue weighted by Crippen LogP contribution is -2.40. The molecule has 1 aromatic rings. The summed E-state index contributed by atoms with van der Waals surface area (Å²) in [6.45, 7) is 4.94. The molecular weight excluding hydrogens is 376 g/mol. The van der Waals surface area contributed by atoms with Gasteiger partial charge in [0, 0.05) is 17.2 Å². The Morgan fingerprint density at radius 2 is 2.18 bits per heavy atom. The zero-order valence-electron chi connectivity index (χ0n) is 12.7. The Balaban J connectivity index is 2.83. The molecule has 1 rings (SSSR count). The van der Waals surface area contributed by atoms with Gasteiger partial charge >= 0.3 is 6.09 Å². The number of halogens is 2. The van der Waals surface area contributed by atoms with Gasteiger partial charge in [-0.05, 0) is 42.8 Å². The van der Waals surface area contributed by atoms with E-state index in [1.165, 1.54) is 11.1 Å². The molecule has 1 aromatic heterocycles. The van der Waals surface area contributed by atoms with Gasteiger partial charge < -0.3 is 19.8 Å². The molecule has 1 heterocycles. The van der Waals surface area contributed by atoms with Gasteiger partial charge in [-0.3, -0.25) is 4.98 Å². The van der Waals surface area contributed by atoms with E-state index in [0.717, 1.165) is 0 Å². The highest BCUT2D eigenvalue weighted by Gasteiger charge is 2.25. The minimum Gasteiger partial charge on any atom is -0.444 e.